The Hall–Kier alpha value is -3.74. The average molecular weight is 408 g/mol. The Balaban J connectivity index is 1.71. The molecule has 0 unspecified atom stereocenters. The van der Waals surface area contributed by atoms with Crippen LogP contribution in [-0.2, 0) is 20.2 Å². The van der Waals surface area contributed by atoms with E-state index in [0.29, 0.717) is 29.4 Å². The molecule has 0 atom stereocenters. The molecule has 7 nitrogen and oxygen atoms in total. The summed E-state index contributed by atoms with van der Waals surface area (Å²) >= 11 is 0. The Bertz CT molecular complexity index is 1050. The lowest BCUT2D eigenvalue weighted by atomic mass is 10.1. The van der Waals surface area contributed by atoms with E-state index in [0.717, 1.165) is 5.56 Å². The van der Waals surface area contributed by atoms with E-state index in [1.807, 2.05) is 30.3 Å². The normalized spacial score (nSPS) is 10.4. The molecule has 0 saturated heterocycles. The van der Waals surface area contributed by atoms with Crippen LogP contribution < -0.4 is 25.0 Å². The summed E-state index contributed by atoms with van der Waals surface area (Å²) in [4.78, 5) is 25.2. The lowest BCUT2D eigenvalue weighted by Gasteiger charge is -2.15. The van der Waals surface area contributed by atoms with Crippen LogP contribution in [0.5, 0.6) is 17.2 Å². The van der Waals surface area contributed by atoms with Crippen molar-refractivity contribution in [3.63, 3.8) is 0 Å². The van der Waals surface area contributed by atoms with Gasteiger partial charge >= 0.3 is 0 Å². The van der Waals surface area contributed by atoms with Crippen LogP contribution in [0.25, 0.3) is 0 Å². The third-order valence-corrected chi connectivity index (χ3v) is 4.63. The predicted octanol–water partition coefficient (Wildman–Crippen LogP) is 2.91. The molecule has 0 spiro atoms. The van der Waals surface area contributed by atoms with Crippen molar-refractivity contribution in [3.05, 3.63) is 87.8 Å². The summed E-state index contributed by atoms with van der Waals surface area (Å²) < 4.78 is 18.0. The fraction of sp³-hybridized carbons (Fsp3) is 0.217. The number of rotatable bonds is 8. The molecule has 7 heteroatoms. The van der Waals surface area contributed by atoms with Gasteiger partial charge in [-0.05, 0) is 17.7 Å². The number of aromatic nitrogens is 1. The highest BCUT2D eigenvalue weighted by molar-refractivity contribution is 5.99. The minimum Gasteiger partial charge on any atom is -0.496 e. The van der Waals surface area contributed by atoms with Crippen LogP contribution in [0.3, 0.4) is 0 Å². The molecule has 3 aromatic rings. The molecule has 156 valence electrons. The number of amides is 1. The molecule has 0 bridgehead atoms. The fourth-order valence-corrected chi connectivity index (χ4v) is 3.00. The van der Waals surface area contributed by atoms with Gasteiger partial charge in [-0.1, -0.05) is 36.4 Å². The van der Waals surface area contributed by atoms with E-state index < -0.39 is 0 Å². The first-order valence-corrected chi connectivity index (χ1v) is 9.39. The first-order valence-electron chi connectivity index (χ1n) is 9.39. The van der Waals surface area contributed by atoms with Crippen LogP contribution in [0.1, 0.15) is 21.6 Å². The van der Waals surface area contributed by atoms with Crippen molar-refractivity contribution in [2.24, 2.45) is 7.05 Å². The number of nitrogens with zero attached hydrogens (tertiary/aromatic N) is 1. The van der Waals surface area contributed by atoms with E-state index in [9.17, 15) is 9.59 Å². The topological polar surface area (TPSA) is 78.8 Å². The van der Waals surface area contributed by atoms with Crippen molar-refractivity contribution in [3.8, 4) is 17.2 Å². The quantitative estimate of drug-likeness (QED) is 0.620. The summed E-state index contributed by atoms with van der Waals surface area (Å²) in [5, 5.41) is 2.81. The van der Waals surface area contributed by atoms with Gasteiger partial charge < -0.3 is 24.1 Å². The number of ether oxygens (including phenoxy) is 3. The number of nitrogens with one attached hydrogen (secondary N) is 1. The van der Waals surface area contributed by atoms with Crippen molar-refractivity contribution >= 4 is 5.91 Å². The van der Waals surface area contributed by atoms with E-state index in [2.05, 4.69) is 5.32 Å². The van der Waals surface area contributed by atoms with Gasteiger partial charge in [-0.25, -0.2) is 0 Å². The Morgan fingerprint density at radius 1 is 0.967 bits per heavy atom. The zero-order valence-corrected chi connectivity index (χ0v) is 17.2. The van der Waals surface area contributed by atoms with Crippen LogP contribution in [0.15, 0.2) is 65.6 Å². The number of carbonyl (C=O) groups excluding carboxylic acids is 1. The van der Waals surface area contributed by atoms with Crippen molar-refractivity contribution in [2.75, 3.05) is 14.2 Å². The Labute approximate surface area is 174 Å². The highest BCUT2D eigenvalue weighted by Crippen LogP contribution is 2.28. The molecule has 1 N–H and O–H groups in total. The number of hydrogen-bond donors (Lipinski definition) is 1. The Kier molecular flexibility index (Phi) is 6.75. The lowest BCUT2D eigenvalue weighted by Crippen LogP contribution is -2.26. The van der Waals surface area contributed by atoms with Crippen LogP contribution in [0.2, 0.25) is 0 Å². The summed E-state index contributed by atoms with van der Waals surface area (Å²) in [6.45, 7) is 0.463. The number of aryl methyl sites for hydroxylation is 1. The smallest absolute Gasteiger partial charge is 0.259 e. The number of pyridine rings is 1. The van der Waals surface area contributed by atoms with E-state index in [-0.39, 0.29) is 23.6 Å². The van der Waals surface area contributed by atoms with E-state index >= 15 is 0 Å². The van der Waals surface area contributed by atoms with Gasteiger partial charge in [0.05, 0.1) is 27.0 Å². The summed E-state index contributed by atoms with van der Waals surface area (Å²) in [6, 6.07) is 16.2. The number of methoxy groups -OCH3 is 2. The van der Waals surface area contributed by atoms with Crippen molar-refractivity contribution < 1.29 is 19.0 Å². The summed E-state index contributed by atoms with van der Waals surface area (Å²) in [7, 11) is 4.77. The highest BCUT2D eigenvalue weighted by Gasteiger charge is 2.18. The molecule has 0 fully saturated rings. The average Bonchev–Trinajstić information content (AvgIpc) is 2.78. The number of benzene rings is 2. The minimum absolute atomic E-state index is 0.157. The molecule has 0 aliphatic heterocycles. The van der Waals surface area contributed by atoms with Gasteiger partial charge in [-0.15, -0.1) is 0 Å². The van der Waals surface area contributed by atoms with Gasteiger partial charge in [0.1, 0.15) is 23.7 Å². The van der Waals surface area contributed by atoms with Crippen molar-refractivity contribution in [1.29, 1.82) is 0 Å². The summed E-state index contributed by atoms with van der Waals surface area (Å²) in [5.74, 6) is 0.708. The summed E-state index contributed by atoms with van der Waals surface area (Å²) in [5.41, 5.74) is 1.66. The first-order chi connectivity index (χ1) is 14.5. The van der Waals surface area contributed by atoms with E-state index in [1.54, 1.807) is 36.0 Å². The molecule has 2 aromatic carbocycles. The Morgan fingerprint density at radius 3 is 2.27 bits per heavy atom. The third kappa shape index (κ3) is 4.81. The van der Waals surface area contributed by atoms with E-state index in [4.69, 9.17) is 14.2 Å². The van der Waals surface area contributed by atoms with Gasteiger partial charge in [0.25, 0.3) is 5.91 Å². The second-order valence-corrected chi connectivity index (χ2v) is 6.60. The van der Waals surface area contributed by atoms with Gasteiger partial charge in [-0.3, -0.25) is 9.59 Å². The molecule has 1 heterocycles. The number of carbonyl (C=O) groups is 1. The maximum Gasteiger partial charge on any atom is 0.259 e. The Morgan fingerprint density at radius 2 is 1.63 bits per heavy atom. The largest absolute Gasteiger partial charge is 0.496 e. The molecular weight excluding hydrogens is 384 g/mol. The second kappa shape index (κ2) is 9.65. The lowest BCUT2D eigenvalue weighted by molar-refractivity contribution is 0.0943. The second-order valence-electron chi connectivity index (χ2n) is 6.60. The van der Waals surface area contributed by atoms with Crippen LogP contribution in [0.4, 0.5) is 0 Å². The highest BCUT2D eigenvalue weighted by atomic mass is 16.5. The zero-order chi connectivity index (χ0) is 21.5. The molecule has 0 aliphatic carbocycles. The molecule has 3 rings (SSSR count). The maximum absolute atomic E-state index is 12.7. The first kappa shape index (κ1) is 21.0. The van der Waals surface area contributed by atoms with Crippen LogP contribution >= 0.6 is 0 Å². The van der Waals surface area contributed by atoms with Gasteiger partial charge in [-0.2, -0.15) is 0 Å². The standard InChI is InChI=1S/C23H24N2O5/c1-25-14-21(30-15-16-8-5-4-6-9-16)18(26)12-17(25)13-24-23(27)22-19(28-2)10-7-11-20(22)29-3/h4-12,14H,13,15H2,1-3H3,(H,24,27). The third-order valence-electron chi connectivity index (χ3n) is 4.63. The SMILES string of the molecule is COc1cccc(OC)c1C(=O)NCc1cc(=O)c(OCc2ccccc2)cn1C. The monoisotopic (exact) mass is 408 g/mol. The number of hydrogen-bond acceptors (Lipinski definition) is 5. The van der Waals surface area contributed by atoms with Gasteiger partial charge in [0.15, 0.2) is 5.75 Å². The van der Waals surface area contributed by atoms with Crippen LogP contribution in [0, 0.1) is 0 Å². The molecule has 0 saturated carbocycles. The molecule has 1 aromatic heterocycles. The molecule has 0 radical (unpaired) electrons. The molecule has 1 amide bonds. The van der Waals surface area contributed by atoms with Gasteiger partial charge in [0, 0.05) is 18.8 Å². The maximum atomic E-state index is 12.7. The zero-order valence-electron chi connectivity index (χ0n) is 17.2. The fourth-order valence-electron chi connectivity index (χ4n) is 3.00. The molecular formula is C23H24N2O5. The van der Waals surface area contributed by atoms with Crippen LogP contribution in [-0.4, -0.2) is 24.7 Å². The van der Waals surface area contributed by atoms with Crippen molar-refractivity contribution in [2.45, 2.75) is 13.2 Å². The minimum atomic E-state index is -0.360. The molecule has 30 heavy (non-hydrogen) atoms. The van der Waals surface area contributed by atoms with Gasteiger partial charge in [0.2, 0.25) is 5.43 Å². The summed E-state index contributed by atoms with van der Waals surface area (Å²) in [6.07, 6.45) is 1.62. The van der Waals surface area contributed by atoms with E-state index in [1.165, 1.54) is 20.3 Å². The molecule has 0 aliphatic rings. The predicted molar refractivity (Wildman–Crippen MR) is 113 cm³/mol. The van der Waals surface area contributed by atoms with Crippen molar-refractivity contribution in [1.82, 2.24) is 9.88 Å².